The number of carbonyl (C=O) groups excluding carboxylic acids is 1. The summed E-state index contributed by atoms with van der Waals surface area (Å²) in [6.07, 6.45) is 3.56. The van der Waals surface area contributed by atoms with Gasteiger partial charge in [-0.15, -0.1) is 0 Å². The average Bonchev–Trinajstić information content (AvgIpc) is 3.63. The summed E-state index contributed by atoms with van der Waals surface area (Å²) in [5.74, 6) is 1.47. The van der Waals surface area contributed by atoms with Crippen LogP contribution in [-0.2, 0) is 27.2 Å². The number of pyridine rings is 1. The van der Waals surface area contributed by atoms with Gasteiger partial charge in [-0.25, -0.2) is 14.6 Å². The van der Waals surface area contributed by atoms with Crippen molar-refractivity contribution >= 4 is 16.8 Å². The molecule has 1 aromatic carbocycles. The molecule has 0 atom stereocenters. The van der Waals surface area contributed by atoms with Crippen molar-refractivity contribution in [3.05, 3.63) is 59.7 Å². The monoisotopic (exact) mass is 525 g/mol. The Morgan fingerprint density at radius 3 is 2.69 bits per heavy atom. The van der Waals surface area contributed by atoms with Gasteiger partial charge in [-0.05, 0) is 31.2 Å². The van der Waals surface area contributed by atoms with Gasteiger partial charge in [0.05, 0.1) is 43.4 Å². The van der Waals surface area contributed by atoms with Crippen LogP contribution in [0.5, 0.6) is 11.5 Å². The third kappa shape index (κ3) is 4.77. The number of benzene rings is 1. The molecular weight excluding hydrogens is 498 g/mol. The second-order valence-electron chi connectivity index (χ2n) is 8.96. The predicted octanol–water partition coefficient (Wildman–Crippen LogP) is 3.01. The lowest BCUT2D eigenvalue weighted by Gasteiger charge is -2.12. The molecule has 5 aromatic rings. The molecule has 4 aromatic heterocycles. The second-order valence-corrected chi connectivity index (χ2v) is 8.96. The van der Waals surface area contributed by atoms with E-state index in [0.29, 0.717) is 28.7 Å². The molecule has 0 fully saturated rings. The van der Waals surface area contributed by atoms with Gasteiger partial charge < -0.3 is 19.4 Å². The maximum atomic E-state index is 13.3. The zero-order valence-corrected chi connectivity index (χ0v) is 22.3. The molecular formula is C27H27N9O3. The normalized spacial score (nSPS) is 11.0. The third-order valence-corrected chi connectivity index (χ3v) is 6.38. The Bertz CT molecular complexity index is 1740. The van der Waals surface area contributed by atoms with Crippen molar-refractivity contribution in [3.63, 3.8) is 0 Å². The predicted molar refractivity (Wildman–Crippen MR) is 143 cm³/mol. The van der Waals surface area contributed by atoms with Crippen molar-refractivity contribution in [1.82, 2.24) is 39.4 Å². The highest BCUT2D eigenvalue weighted by Crippen LogP contribution is 2.30. The van der Waals surface area contributed by atoms with Crippen LogP contribution >= 0.6 is 0 Å². The first-order valence-electron chi connectivity index (χ1n) is 12.1. The minimum absolute atomic E-state index is 0.106. The molecule has 0 aliphatic rings. The van der Waals surface area contributed by atoms with E-state index in [2.05, 4.69) is 21.6 Å². The fourth-order valence-electron chi connectivity index (χ4n) is 4.44. The third-order valence-electron chi connectivity index (χ3n) is 6.38. The van der Waals surface area contributed by atoms with Gasteiger partial charge in [0, 0.05) is 43.9 Å². The van der Waals surface area contributed by atoms with E-state index in [-0.39, 0.29) is 24.7 Å². The van der Waals surface area contributed by atoms with E-state index in [4.69, 9.17) is 19.4 Å². The Balaban J connectivity index is 1.51. The molecule has 0 bridgehead atoms. The van der Waals surface area contributed by atoms with E-state index in [9.17, 15) is 10.1 Å². The summed E-state index contributed by atoms with van der Waals surface area (Å²) >= 11 is 0. The van der Waals surface area contributed by atoms with Crippen molar-refractivity contribution in [2.24, 2.45) is 14.1 Å². The lowest BCUT2D eigenvalue weighted by atomic mass is 10.1. The largest absolute Gasteiger partial charge is 0.497 e. The highest BCUT2D eigenvalue weighted by molar-refractivity contribution is 5.99. The highest BCUT2D eigenvalue weighted by atomic mass is 16.5. The summed E-state index contributed by atoms with van der Waals surface area (Å²) in [4.78, 5) is 22.8. The summed E-state index contributed by atoms with van der Waals surface area (Å²) in [5, 5.41) is 21.7. The van der Waals surface area contributed by atoms with Crippen molar-refractivity contribution in [3.8, 4) is 40.5 Å². The zero-order chi connectivity index (χ0) is 27.7. The fraction of sp³-hybridized carbons (Fsp3) is 0.259. The van der Waals surface area contributed by atoms with Gasteiger partial charge in [0.1, 0.15) is 35.1 Å². The summed E-state index contributed by atoms with van der Waals surface area (Å²) in [5.41, 5.74) is 4.43. The molecule has 1 amide bonds. The van der Waals surface area contributed by atoms with E-state index in [0.717, 1.165) is 27.9 Å². The van der Waals surface area contributed by atoms with Crippen LogP contribution in [0.25, 0.3) is 33.8 Å². The van der Waals surface area contributed by atoms with Crippen LogP contribution in [0.3, 0.4) is 0 Å². The number of ether oxygens (including phenoxy) is 2. The van der Waals surface area contributed by atoms with Crippen molar-refractivity contribution in [2.75, 3.05) is 14.2 Å². The lowest BCUT2D eigenvalue weighted by molar-refractivity contribution is 0.0946. The lowest BCUT2D eigenvalue weighted by Crippen LogP contribution is -2.24. The average molecular weight is 526 g/mol. The van der Waals surface area contributed by atoms with Crippen molar-refractivity contribution in [1.29, 1.82) is 5.26 Å². The fourth-order valence-corrected chi connectivity index (χ4v) is 4.44. The minimum atomic E-state index is -0.352. The van der Waals surface area contributed by atoms with Crippen LogP contribution in [-0.4, -0.2) is 54.2 Å². The Labute approximate surface area is 224 Å². The van der Waals surface area contributed by atoms with Gasteiger partial charge in [0.25, 0.3) is 5.91 Å². The van der Waals surface area contributed by atoms with Crippen LogP contribution in [0.2, 0.25) is 0 Å². The first kappa shape index (κ1) is 25.5. The Kier molecular flexibility index (Phi) is 6.72. The number of nitriles is 1. The molecule has 0 aliphatic heterocycles. The Hall–Kier alpha value is -5.18. The van der Waals surface area contributed by atoms with Crippen LogP contribution in [0, 0.1) is 18.3 Å². The maximum absolute atomic E-state index is 13.3. The summed E-state index contributed by atoms with van der Waals surface area (Å²) in [7, 11) is 6.82. The molecule has 12 heteroatoms. The first-order valence-corrected chi connectivity index (χ1v) is 12.1. The van der Waals surface area contributed by atoms with Gasteiger partial charge in [-0.3, -0.25) is 9.48 Å². The van der Waals surface area contributed by atoms with Crippen molar-refractivity contribution < 1.29 is 14.3 Å². The van der Waals surface area contributed by atoms with Gasteiger partial charge in [0.15, 0.2) is 5.82 Å². The molecule has 198 valence electrons. The molecule has 1 N–H and O–H groups in total. The van der Waals surface area contributed by atoms with E-state index in [1.165, 1.54) is 0 Å². The smallest absolute Gasteiger partial charge is 0.270 e. The second kappa shape index (κ2) is 10.3. The molecule has 0 saturated heterocycles. The summed E-state index contributed by atoms with van der Waals surface area (Å²) in [6, 6.07) is 11.1. The minimum Gasteiger partial charge on any atom is -0.497 e. The number of methoxy groups -OCH3 is 2. The number of rotatable bonds is 8. The maximum Gasteiger partial charge on any atom is 0.270 e. The number of carbonyl (C=O) groups is 1. The summed E-state index contributed by atoms with van der Waals surface area (Å²) in [6.45, 7) is 2.21. The Morgan fingerprint density at radius 2 is 1.95 bits per heavy atom. The number of hydrogen-bond donors (Lipinski definition) is 1. The number of imidazole rings is 1. The van der Waals surface area contributed by atoms with Gasteiger partial charge >= 0.3 is 0 Å². The number of aryl methyl sites for hydroxylation is 3. The number of fused-ring (bicyclic) bond motifs is 1. The zero-order valence-electron chi connectivity index (χ0n) is 22.3. The molecule has 39 heavy (non-hydrogen) atoms. The van der Waals surface area contributed by atoms with E-state index in [1.807, 2.05) is 50.0 Å². The molecule has 0 spiro atoms. The topological polar surface area (TPSA) is 138 Å². The number of nitrogens with one attached hydrogen (secondary N) is 1. The van der Waals surface area contributed by atoms with E-state index in [1.54, 1.807) is 41.9 Å². The van der Waals surface area contributed by atoms with Gasteiger partial charge in [-0.1, -0.05) is 0 Å². The number of nitrogens with zero attached hydrogens (tertiary/aromatic N) is 8. The van der Waals surface area contributed by atoms with Gasteiger partial charge in [0.2, 0.25) is 0 Å². The summed E-state index contributed by atoms with van der Waals surface area (Å²) < 4.78 is 15.9. The van der Waals surface area contributed by atoms with Gasteiger partial charge in [-0.2, -0.15) is 15.5 Å². The highest BCUT2D eigenvalue weighted by Gasteiger charge is 2.21. The quantitative estimate of drug-likeness (QED) is 0.326. The number of hydrogen-bond acceptors (Lipinski definition) is 8. The number of aromatic nitrogens is 7. The standard InChI is InChI=1S/C27H27N9O3/c1-16-10-23(36(33-16)9-8-28)21-15-34(2)26(32-21)25-19-14-30-35(3)22(19)12-20(31-25)27(37)29-13-17-6-7-18(38-4)11-24(17)39-5/h6-7,10-12,14-15H,9,13H2,1-5H3,(H,29,37). The molecule has 0 aliphatic carbocycles. The van der Waals surface area contributed by atoms with Crippen LogP contribution in [0.1, 0.15) is 21.7 Å². The van der Waals surface area contributed by atoms with Crippen LogP contribution in [0.15, 0.2) is 42.7 Å². The van der Waals surface area contributed by atoms with E-state index < -0.39 is 0 Å². The molecule has 0 saturated carbocycles. The number of amides is 1. The molecule has 0 radical (unpaired) electrons. The molecule has 5 rings (SSSR count). The van der Waals surface area contributed by atoms with E-state index >= 15 is 0 Å². The molecule has 12 nitrogen and oxygen atoms in total. The molecule has 4 heterocycles. The van der Waals surface area contributed by atoms with Crippen molar-refractivity contribution in [2.45, 2.75) is 20.0 Å². The SMILES string of the molecule is COc1ccc(CNC(=O)c2cc3c(cnn3C)c(-c3nc(-c4cc(C)nn4CC#N)cn3C)n2)c(OC)c1. The first-order chi connectivity index (χ1) is 18.8. The Morgan fingerprint density at radius 1 is 1.13 bits per heavy atom. The van der Waals surface area contributed by atoms with Crippen LogP contribution in [0.4, 0.5) is 0 Å². The van der Waals surface area contributed by atoms with Crippen LogP contribution < -0.4 is 14.8 Å². The molecule has 0 unspecified atom stereocenters.